The number of hydrogen-bond donors (Lipinski definition) is 2. The Morgan fingerprint density at radius 1 is 1.08 bits per heavy atom. The number of carbonyl (C=O) groups is 2. The van der Waals surface area contributed by atoms with Crippen molar-refractivity contribution in [3.63, 3.8) is 0 Å². The predicted octanol–water partition coefficient (Wildman–Crippen LogP) is 4.58. The Labute approximate surface area is 225 Å². The van der Waals surface area contributed by atoms with Gasteiger partial charge in [0.2, 0.25) is 0 Å². The summed E-state index contributed by atoms with van der Waals surface area (Å²) in [5, 5.41) is 14.4. The largest absolute Gasteiger partial charge is 0.489 e. The van der Waals surface area contributed by atoms with Crippen LogP contribution in [0.5, 0.6) is 5.75 Å². The summed E-state index contributed by atoms with van der Waals surface area (Å²) in [7, 11) is 0. The maximum absolute atomic E-state index is 13.2. The molecule has 3 aromatic rings. The summed E-state index contributed by atoms with van der Waals surface area (Å²) in [6.45, 7) is 2.10. The number of pyridine rings is 1. The van der Waals surface area contributed by atoms with Crippen molar-refractivity contribution in [1.29, 1.82) is 0 Å². The molecule has 2 N–H and O–H groups in total. The number of halogens is 2. The molecule has 0 spiro atoms. The van der Waals surface area contributed by atoms with Gasteiger partial charge in [-0.05, 0) is 80.2 Å². The van der Waals surface area contributed by atoms with E-state index in [1.165, 1.54) is 24.4 Å². The number of aliphatic hydroxyl groups is 1. The van der Waals surface area contributed by atoms with E-state index in [1.807, 2.05) is 0 Å². The highest BCUT2D eigenvalue weighted by atomic mass is 35.5. The van der Waals surface area contributed by atoms with Crippen molar-refractivity contribution in [3.8, 4) is 16.9 Å². The Bertz CT molecular complexity index is 1290. The molecule has 0 bridgehead atoms. The molecule has 2 atom stereocenters. The molecule has 2 heterocycles. The molecule has 0 radical (unpaired) electrons. The Hall–Kier alpha value is -3.33. The summed E-state index contributed by atoms with van der Waals surface area (Å²) in [5.41, 5.74) is 1.93. The molecule has 1 saturated heterocycles. The number of aliphatic hydroxyl groups excluding tert-OH is 1. The lowest BCUT2D eigenvalue weighted by molar-refractivity contribution is -0.118. The predicted molar refractivity (Wildman–Crippen MR) is 142 cm³/mol. The van der Waals surface area contributed by atoms with Crippen molar-refractivity contribution in [1.82, 2.24) is 15.2 Å². The van der Waals surface area contributed by atoms with Crippen molar-refractivity contribution in [2.45, 2.75) is 43.9 Å². The number of carbonyl (C=O) groups excluding carboxylic acids is 2. The first kappa shape index (κ1) is 26.3. The lowest BCUT2D eigenvalue weighted by Crippen LogP contribution is -2.48. The second kappa shape index (κ2) is 11.6. The second-order valence-electron chi connectivity index (χ2n) is 9.81. The molecule has 1 aromatic heterocycles. The Balaban J connectivity index is 1.29. The first-order valence-corrected chi connectivity index (χ1v) is 13.2. The summed E-state index contributed by atoms with van der Waals surface area (Å²) in [6, 6.07) is 13.4. The fraction of sp³-hybridized carbons (Fsp3) is 0.345. The first-order chi connectivity index (χ1) is 18.4. The molecule has 2 fully saturated rings. The second-order valence-corrected chi connectivity index (χ2v) is 10.2. The van der Waals surface area contributed by atoms with Gasteiger partial charge < -0.3 is 20.1 Å². The van der Waals surface area contributed by atoms with Crippen molar-refractivity contribution in [2.75, 3.05) is 19.6 Å². The third-order valence-corrected chi connectivity index (χ3v) is 7.14. The maximum atomic E-state index is 13.2. The van der Waals surface area contributed by atoms with Crippen LogP contribution >= 0.6 is 11.6 Å². The zero-order valence-electron chi connectivity index (χ0n) is 20.8. The van der Waals surface area contributed by atoms with Crippen molar-refractivity contribution < 1.29 is 23.8 Å². The van der Waals surface area contributed by atoms with E-state index in [4.69, 9.17) is 16.3 Å². The highest BCUT2D eigenvalue weighted by Crippen LogP contribution is 2.34. The van der Waals surface area contributed by atoms with Crippen molar-refractivity contribution in [2.24, 2.45) is 0 Å². The molecule has 5 rings (SSSR count). The normalized spacial score (nSPS) is 17.1. The molecule has 2 aliphatic rings. The highest BCUT2D eigenvalue weighted by molar-refractivity contribution is 6.42. The van der Waals surface area contributed by atoms with E-state index < -0.39 is 23.8 Å². The van der Waals surface area contributed by atoms with Gasteiger partial charge in [-0.1, -0.05) is 35.9 Å². The lowest BCUT2D eigenvalue weighted by atomic mass is 10.0. The number of benzene rings is 2. The van der Waals surface area contributed by atoms with E-state index in [0.717, 1.165) is 44.3 Å². The smallest absolute Gasteiger partial charge is 0.294 e. The van der Waals surface area contributed by atoms with Crippen molar-refractivity contribution >= 4 is 23.3 Å². The van der Waals surface area contributed by atoms with Gasteiger partial charge in [-0.2, -0.15) is 0 Å². The van der Waals surface area contributed by atoms with Crippen LogP contribution in [0.3, 0.4) is 0 Å². The minimum absolute atomic E-state index is 0.0209. The van der Waals surface area contributed by atoms with Gasteiger partial charge in [-0.25, -0.2) is 4.39 Å². The topological polar surface area (TPSA) is 91.8 Å². The van der Waals surface area contributed by atoms with Crippen LogP contribution in [0.4, 0.5) is 4.39 Å². The van der Waals surface area contributed by atoms with E-state index >= 15 is 0 Å². The van der Waals surface area contributed by atoms with Crippen molar-refractivity contribution in [3.05, 3.63) is 82.9 Å². The van der Waals surface area contributed by atoms with E-state index in [-0.39, 0.29) is 17.6 Å². The number of rotatable bonds is 10. The molecule has 1 aliphatic heterocycles. The number of hydrogen-bond acceptors (Lipinski definition) is 6. The molecule has 2 aromatic carbocycles. The zero-order chi connectivity index (χ0) is 26.6. The first-order valence-electron chi connectivity index (χ1n) is 12.8. The van der Waals surface area contributed by atoms with Crippen LogP contribution in [-0.2, 0) is 4.79 Å². The SMILES string of the molecule is O=C(NC(CN1CCCC1)C(O)c1ccc(OC2CC2)c(Cl)c1)C(=O)c1ccc(-c2ccc(F)cc2)cn1. The van der Waals surface area contributed by atoms with Gasteiger partial charge in [0, 0.05) is 18.3 Å². The number of ether oxygens (including phenoxy) is 1. The van der Waals surface area contributed by atoms with Gasteiger partial charge in [0.25, 0.3) is 11.7 Å². The third-order valence-electron chi connectivity index (χ3n) is 6.85. The number of aromatic nitrogens is 1. The summed E-state index contributed by atoms with van der Waals surface area (Å²) >= 11 is 6.41. The molecule has 2 unspecified atom stereocenters. The average Bonchev–Trinajstić information content (AvgIpc) is 3.60. The van der Waals surface area contributed by atoms with Crippen LogP contribution in [0.25, 0.3) is 11.1 Å². The monoisotopic (exact) mass is 537 g/mol. The van der Waals surface area contributed by atoms with Gasteiger partial charge in [0.1, 0.15) is 23.4 Å². The fourth-order valence-electron chi connectivity index (χ4n) is 4.55. The van der Waals surface area contributed by atoms with Gasteiger partial charge in [-0.3, -0.25) is 14.6 Å². The molecule has 7 nitrogen and oxygen atoms in total. The van der Waals surface area contributed by atoms with Gasteiger partial charge in [0.05, 0.1) is 17.2 Å². The van der Waals surface area contributed by atoms with Crippen LogP contribution in [0, 0.1) is 5.82 Å². The number of ketones is 1. The van der Waals surface area contributed by atoms with Gasteiger partial charge in [0.15, 0.2) is 0 Å². The van der Waals surface area contributed by atoms with Crippen LogP contribution in [0.15, 0.2) is 60.8 Å². The Kier molecular flexibility index (Phi) is 8.02. The molecular weight excluding hydrogens is 509 g/mol. The molecule has 1 aliphatic carbocycles. The lowest BCUT2D eigenvalue weighted by Gasteiger charge is -2.28. The maximum Gasteiger partial charge on any atom is 0.294 e. The molecule has 198 valence electrons. The van der Waals surface area contributed by atoms with Gasteiger partial charge in [-0.15, -0.1) is 0 Å². The number of amides is 1. The number of Topliss-reactive ketones (excluding diaryl/α,β-unsaturated/α-hetero) is 1. The quantitative estimate of drug-likeness (QED) is 0.290. The van der Waals surface area contributed by atoms with Crippen LogP contribution < -0.4 is 10.1 Å². The zero-order valence-corrected chi connectivity index (χ0v) is 21.5. The van der Waals surface area contributed by atoms with E-state index in [0.29, 0.717) is 28.4 Å². The van der Waals surface area contributed by atoms with E-state index in [2.05, 4.69) is 15.2 Å². The third kappa shape index (κ3) is 6.38. The van der Waals surface area contributed by atoms with Crippen LogP contribution in [-0.4, -0.2) is 58.5 Å². The molecule has 9 heteroatoms. The van der Waals surface area contributed by atoms with Gasteiger partial charge >= 0.3 is 0 Å². The van der Waals surface area contributed by atoms with E-state index in [1.54, 1.807) is 36.4 Å². The minimum Gasteiger partial charge on any atom is -0.489 e. The molecule has 1 amide bonds. The molecular formula is C29H29ClFN3O4. The molecule has 38 heavy (non-hydrogen) atoms. The summed E-state index contributed by atoms with van der Waals surface area (Å²) in [4.78, 5) is 32.2. The fourth-order valence-corrected chi connectivity index (χ4v) is 4.79. The molecule has 1 saturated carbocycles. The summed E-state index contributed by atoms with van der Waals surface area (Å²) in [6.07, 6.45) is 4.66. The average molecular weight is 538 g/mol. The standard InChI is InChI=1S/C29H29ClFN3O4/c30-23-15-19(6-12-26(23)38-22-9-10-22)27(35)25(17-34-13-1-2-14-34)33-29(37)28(36)24-11-5-20(16-32-24)18-3-7-21(31)8-4-18/h3-8,11-12,15-16,22,25,27,35H,1-2,9-10,13-14,17H2,(H,33,37). The summed E-state index contributed by atoms with van der Waals surface area (Å²) in [5.74, 6) is -1.44. The van der Waals surface area contributed by atoms with E-state index in [9.17, 15) is 19.1 Å². The van der Waals surface area contributed by atoms with Crippen LogP contribution in [0.1, 0.15) is 47.8 Å². The highest BCUT2D eigenvalue weighted by Gasteiger charge is 2.30. The minimum atomic E-state index is -1.09. The number of likely N-dealkylation sites (tertiary alicyclic amines) is 1. The summed E-state index contributed by atoms with van der Waals surface area (Å²) < 4.78 is 19.0. The number of nitrogens with one attached hydrogen (secondary N) is 1. The number of nitrogens with zero attached hydrogens (tertiary/aromatic N) is 2. The van der Waals surface area contributed by atoms with Crippen LogP contribution in [0.2, 0.25) is 5.02 Å². The Morgan fingerprint density at radius 2 is 1.79 bits per heavy atom. The Morgan fingerprint density at radius 3 is 2.42 bits per heavy atom.